The normalized spacial score (nSPS) is 11.6. The Bertz CT molecular complexity index is 369. The Kier molecular flexibility index (Phi) is 5.72. The van der Waals surface area contributed by atoms with Gasteiger partial charge >= 0.3 is 6.18 Å². The third-order valence-corrected chi connectivity index (χ3v) is 3.03. The summed E-state index contributed by atoms with van der Waals surface area (Å²) in [7, 11) is 0. The predicted octanol–water partition coefficient (Wildman–Crippen LogP) is 4.75. The van der Waals surface area contributed by atoms with Crippen molar-refractivity contribution >= 4 is 37.7 Å². The van der Waals surface area contributed by atoms with Crippen LogP contribution in [0.15, 0.2) is 21.2 Å². The molecule has 2 nitrogen and oxygen atoms in total. The summed E-state index contributed by atoms with van der Waals surface area (Å²) < 4.78 is 37.2. The molecule has 0 saturated heterocycles. The van der Waals surface area contributed by atoms with Gasteiger partial charge in [0.15, 0.2) is 0 Å². The lowest BCUT2D eigenvalue weighted by Gasteiger charge is -2.08. The second-order valence-corrected chi connectivity index (χ2v) is 5.25. The van der Waals surface area contributed by atoms with Gasteiger partial charge in [0.25, 0.3) is 0 Å². The van der Waals surface area contributed by atoms with E-state index in [1.807, 2.05) is 6.07 Å². The molecule has 0 saturated carbocycles. The number of pyridine rings is 1. The summed E-state index contributed by atoms with van der Waals surface area (Å²) in [5.41, 5.74) is 0. The van der Waals surface area contributed by atoms with Crippen molar-refractivity contribution in [3.05, 3.63) is 21.2 Å². The molecule has 1 rings (SSSR count). The fraction of sp³-hybridized carbons (Fsp3) is 0.500. The molecule has 0 aliphatic rings. The standard InChI is InChI=1S/C10H11Br2F3N2/c11-7-5-8(12)9(17-6-7)16-4-2-1-3-10(13,14)15/h5-6H,1-4H2,(H,16,17). The molecule has 0 bridgehead atoms. The number of nitrogens with zero attached hydrogens (tertiary/aromatic N) is 1. The average molecular weight is 376 g/mol. The Morgan fingerprint density at radius 2 is 1.94 bits per heavy atom. The molecule has 7 heteroatoms. The van der Waals surface area contributed by atoms with Crippen molar-refractivity contribution in [1.29, 1.82) is 0 Å². The first kappa shape index (κ1) is 14.8. The van der Waals surface area contributed by atoms with Crippen molar-refractivity contribution in [3.63, 3.8) is 0 Å². The smallest absolute Gasteiger partial charge is 0.369 e. The van der Waals surface area contributed by atoms with E-state index >= 15 is 0 Å². The predicted molar refractivity (Wildman–Crippen MR) is 68.0 cm³/mol. The van der Waals surface area contributed by atoms with E-state index in [-0.39, 0.29) is 6.42 Å². The number of anilines is 1. The fourth-order valence-electron chi connectivity index (χ4n) is 1.20. The van der Waals surface area contributed by atoms with E-state index in [2.05, 4.69) is 42.2 Å². The quantitative estimate of drug-likeness (QED) is 0.751. The first-order valence-corrected chi connectivity index (χ1v) is 6.59. The second-order valence-electron chi connectivity index (χ2n) is 3.48. The van der Waals surface area contributed by atoms with Crippen LogP contribution >= 0.6 is 31.9 Å². The molecule has 1 aromatic rings. The highest BCUT2D eigenvalue weighted by Gasteiger charge is 2.25. The maximum atomic E-state index is 11.9. The largest absolute Gasteiger partial charge is 0.389 e. The molecule has 1 N–H and O–H groups in total. The Hall–Kier alpha value is -0.300. The minimum atomic E-state index is -4.06. The van der Waals surface area contributed by atoms with Crippen LogP contribution in [0.2, 0.25) is 0 Å². The van der Waals surface area contributed by atoms with Crippen LogP contribution in [0.5, 0.6) is 0 Å². The summed E-state index contributed by atoms with van der Waals surface area (Å²) in [6.07, 6.45) is -2.57. The van der Waals surface area contributed by atoms with Crippen molar-refractivity contribution in [1.82, 2.24) is 4.98 Å². The highest BCUT2D eigenvalue weighted by atomic mass is 79.9. The van der Waals surface area contributed by atoms with E-state index < -0.39 is 12.6 Å². The number of halogens is 5. The second kappa shape index (κ2) is 6.58. The third-order valence-electron chi connectivity index (χ3n) is 1.99. The van der Waals surface area contributed by atoms with Crippen LogP contribution in [0.3, 0.4) is 0 Å². The summed E-state index contributed by atoms with van der Waals surface area (Å²) in [5.74, 6) is 0.639. The Labute approximate surface area is 114 Å². The fourth-order valence-corrected chi connectivity index (χ4v) is 2.33. The van der Waals surface area contributed by atoms with Gasteiger partial charge in [-0.05, 0) is 50.8 Å². The van der Waals surface area contributed by atoms with Gasteiger partial charge in [0.2, 0.25) is 0 Å². The monoisotopic (exact) mass is 374 g/mol. The summed E-state index contributed by atoms with van der Waals surface area (Å²) >= 11 is 6.58. The number of alkyl halides is 3. The number of hydrogen-bond donors (Lipinski definition) is 1. The lowest BCUT2D eigenvalue weighted by Crippen LogP contribution is -2.09. The molecule has 0 spiro atoms. The summed E-state index contributed by atoms with van der Waals surface area (Å²) in [4.78, 5) is 4.10. The molecule has 0 aromatic carbocycles. The van der Waals surface area contributed by atoms with E-state index in [9.17, 15) is 13.2 Å². The zero-order chi connectivity index (χ0) is 12.9. The number of aromatic nitrogens is 1. The van der Waals surface area contributed by atoms with Crippen LogP contribution in [0.4, 0.5) is 19.0 Å². The Morgan fingerprint density at radius 3 is 2.53 bits per heavy atom. The molecule has 0 amide bonds. The Morgan fingerprint density at radius 1 is 1.24 bits per heavy atom. The van der Waals surface area contributed by atoms with Crippen LogP contribution in [0, 0.1) is 0 Å². The number of unbranched alkanes of at least 4 members (excludes halogenated alkanes) is 1. The van der Waals surface area contributed by atoms with Gasteiger partial charge in [-0.1, -0.05) is 0 Å². The Balaban J connectivity index is 2.27. The summed E-state index contributed by atoms with van der Waals surface area (Å²) in [6.45, 7) is 0.476. The SMILES string of the molecule is FC(F)(F)CCCCNc1ncc(Br)cc1Br. The van der Waals surface area contributed by atoms with Gasteiger partial charge < -0.3 is 5.32 Å². The van der Waals surface area contributed by atoms with E-state index in [0.717, 1.165) is 8.95 Å². The lowest BCUT2D eigenvalue weighted by atomic mass is 10.2. The van der Waals surface area contributed by atoms with Crippen molar-refractivity contribution in [2.75, 3.05) is 11.9 Å². The summed E-state index contributed by atoms with van der Waals surface area (Å²) in [5, 5.41) is 2.98. The van der Waals surface area contributed by atoms with Gasteiger partial charge in [0.05, 0.1) is 4.47 Å². The molecule has 0 radical (unpaired) electrons. The topological polar surface area (TPSA) is 24.9 Å². The van der Waals surface area contributed by atoms with Crippen LogP contribution in [0.25, 0.3) is 0 Å². The first-order chi connectivity index (χ1) is 7.88. The zero-order valence-corrected chi connectivity index (χ0v) is 12.0. The molecule has 1 aromatic heterocycles. The molecule has 0 unspecified atom stereocenters. The number of nitrogens with one attached hydrogen (secondary N) is 1. The molecule has 1 heterocycles. The molecule has 0 atom stereocenters. The highest BCUT2D eigenvalue weighted by molar-refractivity contribution is 9.11. The molecule has 0 fully saturated rings. The van der Waals surface area contributed by atoms with E-state index in [4.69, 9.17) is 0 Å². The van der Waals surface area contributed by atoms with Crippen LogP contribution in [-0.2, 0) is 0 Å². The highest BCUT2D eigenvalue weighted by Crippen LogP contribution is 2.24. The molecule has 0 aliphatic carbocycles. The maximum absolute atomic E-state index is 11.9. The molecular formula is C10H11Br2F3N2. The van der Waals surface area contributed by atoms with Crippen LogP contribution in [0.1, 0.15) is 19.3 Å². The van der Waals surface area contributed by atoms with Crippen LogP contribution < -0.4 is 5.32 Å². The minimum absolute atomic E-state index is 0.130. The van der Waals surface area contributed by atoms with Gasteiger partial charge in [-0.15, -0.1) is 0 Å². The van der Waals surface area contributed by atoms with Gasteiger partial charge in [0.1, 0.15) is 5.82 Å². The lowest BCUT2D eigenvalue weighted by molar-refractivity contribution is -0.135. The number of rotatable bonds is 5. The molecule has 96 valence electrons. The zero-order valence-electron chi connectivity index (χ0n) is 8.82. The van der Waals surface area contributed by atoms with Gasteiger partial charge in [-0.3, -0.25) is 0 Å². The van der Waals surface area contributed by atoms with Crippen molar-refractivity contribution in [2.24, 2.45) is 0 Å². The number of hydrogen-bond acceptors (Lipinski definition) is 2. The minimum Gasteiger partial charge on any atom is -0.369 e. The maximum Gasteiger partial charge on any atom is 0.389 e. The van der Waals surface area contributed by atoms with Crippen molar-refractivity contribution in [3.8, 4) is 0 Å². The molecule has 0 aliphatic heterocycles. The summed E-state index contributed by atoms with van der Waals surface area (Å²) in [6, 6.07) is 1.82. The third kappa shape index (κ3) is 6.26. The van der Waals surface area contributed by atoms with Crippen LogP contribution in [-0.4, -0.2) is 17.7 Å². The van der Waals surface area contributed by atoms with E-state index in [1.54, 1.807) is 6.20 Å². The van der Waals surface area contributed by atoms with Crippen molar-refractivity contribution in [2.45, 2.75) is 25.4 Å². The van der Waals surface area contributed by atoms with E-state index in [1.165, 1.54) is 0 Å². The molecular weight excluding hydrogens is 365 g/mol. The van der Waals surface area contributed by atoms with Gasteiger partial charge in [-0.25, -0.2) is 4.98 Å². The molecule has 17 heavy (non-hydrogen) atoms. The van der Waals surface area contributed by atoms with Gasteiger partial charge in [-0.2, -0.15) is 13.2 Å². The van der Waals surface area contributed by atoms with Crippen molar-refractivity contribution < 1.29 is 13.2 Å². The first-order valence-electron chi connectivity index (χ1n) is 5.00. The van der Waals surface area contributed by atoms with E-state index in [0.29, 0.717) is 18.8 Å². The van der Waals surface area contributed by atoms with Gasteiger partial charge in [0, 0.05) is 23.6 Å². The average Bonchev–Trinajstić information content (AvgIpc) is 2.18.